The van der Waals surface area contributed by atoms with Crippen molar-refractivity contribution in [2.75, 3.05) is 23.4 Å². The van der Waals surface area contributed by atoms with Gasteiger partial charge < -0.3 is 10.6 Å². The Morgan fingerprint density at radius 3 is 2.33 bits per heavy atom. The van der Waals surface area contributed by atoms with Crippen LogP contribution in [0.4, 0.5) is 5.69 Å². The number of aryl methyl sites for hydroxylation is 4. The summed E-state index contributed by atoms with van der Waals surface area (Å²) in [6.45, 7) is 9.77. The normalized spacial score (nSPS) is 18.0. The molecule has 12 heteroatoms. The number of anilines is 1. The fourth-order valence-corrected chi connectivity index (χ4v) is 9.21. The van der Waals surface area contributed by atoms with Gasteiger partial charge in [0.1, 0.15) is 0 Å². The van der Waals surface area contributed by atoms with Crippen LogP contribution in [-0.2, 0) is 10.0 Å². The zero-order valence-corrected chi connectivity index (χ0v) is 26.6. The van der Waals surface area contributed by atoms with Crippen LogP contribution in [0.3, 0.4) is 0 Å². The molecule has 5 N–H and O–H groups in total. The summed E-state index contributed by atoms with van der Waals surface area (Å²) in [7, 11) is -6.29. The van der Waals surface area contributed by atoms with Crippen LogP contribution in [0.2, 0.25) is 0 Å². The first kappa shape index (κ1) is 31.0. The molecule has 4 aromatic rings. The number of nitrogens with zero attached hydrogens (tertiary/aromatic N) is 2. The summed E-state index contributed by atoms with van der Waals surface area (Å²) in [5.74, 6) is 0.266. The Labute approximate surface area is 254 Å². The van der Waals surface area contributed by atoms with Gasteiger partial charge >= 0.3 is 0 Å². The third-order valence-corrected chi connectivity index (χ3v) is 11.4. The summed E-state index contributed by atoms with van der Waals surface area (Å²) < 4.78 is 50.7. The molecule has 5 rings (SSSR count). The van der Waals surface area contributed by atoms with Gasteiger partial charge in [0.05, 0.1) is 28.0 Å². The molecule has 43 heavy (non-hydrogen) atoms. The summed E-state index contributed by atoms with van der Waals surface area (Å²) in [6, 6.07) is 14.3. The standard InChI is InChI=1S/C31H39N5O5S2/c1-19-12-21(3)30(22(4)13-19)43(40,41)35-23(5)16-32-28-14-20(2)15-29-27(28)17-33-36(29)26-8-6-24(7-9-26)31(37)34-25-10-11-42(38,39)18-25/h6-9,12-15,17,23,25,32,35,38-39H,10-11,16,18H2,1-5H3,(H,34,37)/t23-,25?/m0/s1. The van der Waals surface area contributed by atoms with Crippen molar-refractivity contribution in [3.8, 4) is 5.69 Å². The zero-order valence-electron chi connectivity index (χ0n) is 25.0. The Hall–Kier alpha value is -3.42. The van der Waals surface area contributed by atoms with Crippen LogP contribution in [0.1, 0.15) is 46.0 Å². The molecule has 1 amide bonds. The number of sulfonamides is 1. The van der Waals surface area contributed by atoms with E-state index in [0.29, 0.717) is 29.2 Å². The molecule has 1 aromatic heterocycles. The van der Waals surface area contributed by atoms with Crippen molar-refractivity contribution in [2.45, 2.75) is 58.0 Å². The Kier molecular flexibility index (Phi) is 8.61. The van der Waals surface area contributed by atoms with Crippen molar-refractivity contribution in [2.24, 2.45) is 0 Å². The molecule has 3 aromatic carbocycles. The fraction of sp³-hybridized carbons (Fsp3) is 0.355. The highest BCUT2D eigenvalue weighted by atomic mass is 32.3. The van der Waals surface area contributed by atoms with E-state index in [1.54, 1.807) is 23.0 Å². The van der Waals surface area contributed by atoms with E-state index in [4.69, 9.17) is 0 Å². The molecule has 0 bridgehead atoms. The Balaban J connectivity index is 1.29. The Morgan fingerprint density at radius 1 is 1.05 bits per heavy atom. The van der Waals surface area contributed by atoms with Crippen molar-refractivity contribution in [1.29, 1.82) is 0 Å². The first-order valence-corrected chi connectivity index (χ1v) is 17.6. The number of rotatable bonds is 9. The lowest BCUT2D eigenvalue weighted by Crippen LogP contribution is -2.38. The molecule has 2 atom stereocenters. The van der Waals surface area contributed by atoms with Crippen LogP contribution in [0.5, 0.6) is 0 Å². The minimum absolute atomic E-state index is 0.197. The molecular weight excluding hydrogens is 587 g/mol. The van der Waals surface area contributed by atoms with Gasteiger partial charge in [-0.25, -0.2) is 17.8 Å². The van der Waals surface area contributed by atoms with Crippen LogP contribution < -0.4 is 15.4 Å². The van der Waals surface area contributed by atoms with E-state index >= 15 is 0 Å². The van der Waals surface area contributed by atoms with E-state index in [-0.39, 0.29) is 23.7 Å². The predicted molar refractivity (Wildman–Crippen MR) is 173 cm³/mol. The molecule has 1 fully saturated rings. The van der Waals surface area contributed by atoms with Crippen LogP contribution in [0.25, 0.3) is 16.6 Å². The third-order valence-electron chi connectivity index (χ3n) is 7.63. The zero-order chi connectivity index (χ0) is 31.1. The lowest BCUT2D eigenvalue weighted by molar-refractivity contribution is 0.0941. The molecule has 10 nitrogen and oxygen atoms in total. The number of hydrogen-bond acceptors (Lipinski definition) is 7. The summed E-state index contributed by atoms with van der Waals surface area (Å²) in [4.78, 5) is 13.0. The van der Waals surface area contributed by atoms with Gasteiger partial charge in [-0.2, -0.15) is 15.7 Å². The van der Waals surface area contributed by atoms with Crippen LogP contribution in [-0.4, -0.2) is 63.3 Å². The largest absolute Gasteiger partial charge is 0.383 e. The number of carbonyl (C=O) groups is 1. The van der Waals surface area contributed by atoms with Crippen LogP contribution >= 0.6 is 10.6 Å². The maximum Gasteiger partial charge on any atom is 0.251 e. The molecule has 1 aliphatic heterocycles. The third kappa shape index (κ3) is 6.89. The van der Waals surface area contributed by atoms with Gasteiger partial charge in [-0.1, -0.05) is 17.7 Å². The van der Waals surface area contributed by atoms with Gasteiger partial charge in [0, 0.05) is 41.0 Å². The molecule has 0 spiro atoms. The lowest BCUT2D eigenvalue weighted by atomic mass is 10.1. The first-order valence-electron chi connectivity index (χ1n) is 14.2. The SMILES string of the molecule is Cc1cc(C)c(S(=O)(=O)N[C@@H](C)CNc2cc(C)cc3c2cnn3-c2ccc(C(=O)NC3CCS(O)(O)C3)cc2)c(C)c1. The van der Waals surface area contributed by atoms with Gasteiger partial charge in [0.15, 0.2) is 0 Å². The molecule has 2 heterocycles. The van der Waals surface area contributed by atoms with Crippen molar-refractivity contribution < 1.29 is 22.3 Å². The maximum atomic E-state index is 13.2. The van der Waals surface area contributed by atoms with Crippen molar-refractivity contribution >= 4 is 43.1 Å². The van der Waals surface area contributed by atoms with E-state index in [1.807, 2.05) is 71.0 Å². The van der Waals surface area contributed by atoms with Gasteiger partial charge in [-0.3, -0.25) is 13.9 Å². The van der Waals surface area contributed by atoms with Crippen LogP contribution in [0, 0.1) is 27.7 Å². The average Bonchev–Trinajstić information content (AvgIpc) is 3.48. The molecule has 0 radical (unpaired) electrons. The molecule has 230 valence electrons. The second-order valence-corrected chi connectivity index (χ2v) is 15.6. The summed E-state index contributed by atoms with van der Waals surface area (Å²) >= 11 is 0. The van der Waals surface area contributed by atoms with E-state index in [2.05, 4.69) is 20.5 Å². The Morgan fingerprint density at radius 2 is 1.70 bits per heavy atom. The van der Waals surface area contributed by atoms with E-state index in [9.17, 15) is 22.3 Å². The summed E-state index contributed by atoms with van der Waals surface area (Å²) in [5.41, 5.74) is 6.45. The smallest absolute Gasteiger partial charge is 0.251 e. The number of aromatic nitrogens is 2. The van der Waals surface area contributed by atoms with Gasteiger partial charge in [0.2, 0.25) is 10.0 Å². The molecule has 1 unspecified atom stereocenters. The monoisotopic (exact) mass is 625 g/mol. The quantitative estimate of drug-likeness (QED) is 0.170. The Bertz CT molecular complexity index is 1760. The number of carbonyl (C=O) groups excluding carboxylic acids is 1. The van der Waals surface area contributed by atoms with Crippen molar-refractivity contribution in [3.63, 3.8) is 0 Å². The molecular formula is C31H39N5O5S2. The highest BCUT2D eigenvalue weighted by Crippen LogP contribution is 2.45. The lowest BCUT2D eigenvalue weighted by Gasteiger charge is -2.26. The molecule has 0 saturated carbocycles. The van der Waals surface area contributed by atoms with Crippen molar-refractivity contribution in [1.82, 2.24) is 19.8 Å². The average molecular weight is 626 g/mol. The number of amides is 1. The minimum atomic E-state index is -3.70. The molecule has 1 aliphatic rings. The topological polar surface area (TPSA) is 146 Å². The number of hydrogen-bond donors (Lipinski definition) is 5. The van der Waals surface area contributed by atoms with E-state index < -0.39 is 20.6 Å². The second-order valence-electron chi connectivity index (χ2n) is 11.6. The van der Waals surface area contributed by atoms with E-state index in [0.717, 1.165) is 44.5 Å². The molecule has 0 aliphatic carbocycles. The van der Waals surface area contributed by atoms with Crippen LogP contribution in [0.15, 0.2) is 59.6 Å². The molecule has 1 saturated heterocycles. The second kappa shape index (κ2) is 11.9. The van der Waals surface area contributed by atoms with Gasteiger partial charge in [-0.05, 0) is 94.1 Å². The predicted octanol–water partition coefficient (Wildman–Crippen LogP) is 5.29. The number of fused-ring (bicyclic) bond motifs is 1. The minimum Gasteiger partial charge on any atom is -0.383 e. The summed E-state index contributed by atoms with van der Waals surface area (Å²) in [5, 5.41) is 11.8. The maximum absolute atomic E-state index is 13.2. The highest BCUT2D eigenvalue weighted by Gasteiger charge is 2.29. The van der Waals surface area contributed by atoms with Gasteiger partial charge in [-0.15, -0.1) is 0 Å². The first-order chi connectivity index (χ1) is 20.2. The van der Waals surface area contributed by atoms with E-state index in [1.165, 1.54) is 0 Å². The fourth-order valence-electron chi connectivity index (χ4n) is 5.79. The number of benzene rings is 3. The number of nitrogens with one attached hydrogen (secondary N) is 3. The van der Waals surface area contributed by atoms with Gasteiger partial charge in [0.25, 0.3) is 5.91 Å². The summed E-state index contributed by atoms with van der Waals surface area (Å²) in [6.07, 6.45) is 2.32. The highest BCUT2D eigenvalue weighted by molar-refractivity contribution is 8.24. The van der Waals surface area contributed by atoms with Crippen molar-refractivity contribution in [3.05, 3.63) is 82.5 Å².